The molecule has 4 aromatic carbocycles. The van der Waals surface area contributed by atoms with E-state index in [9.17, 15) is 5.02 Å². The number of aromatic nitrogens is 1. The first-order valence-electron chi connectivity index (χ1n) is 9.26. The number of para-hydroxylation sites is 2. The molecule has 0 atom stereocenters. The maximum absolute atomic E-state index is 9.39. The lowest BCUT2D eigenvalue weighted by atomic mass is 9.88. The number of furan rings is 1. The minimum atomic E-state index is 0.762. The monoisotopic (exact) mass is 360 g/mol. The molecule has 1 N–H and O–H groups in total. The summed E-state index contributed by atoms with van der Waals surface area (Å²) in [5.74, 6) is 0. The predicted molar refractivity (Wildman–Crippen MR) is 116 cm³/mol. The van der Waals surface area contributed by atoms with Crippen molar-refractivity contribution in [3.63, 3.8) is 0 Å². The van der Waals surface area contributed by atoms with E-state index in [0.29, 0.717) is 0 Å². The first-order chi connectivity index (χ1) is 13.8. The van der Waals surface area contributed by atoms with Gasteiger partial charge in [0, 0.05) is 27.2 Å². The summed E-state index contributed by atoms with van der Waals surface area (Å²) in [6.45, 7) is 0. The molecule has 0 amide bonds. The van der Waals surface area contributed by atoms with E-state index in [2.05, 4.69) is 65.2 Å². The number of hydrogen-bond donors (Lipinski definition) is 1. The quantitative estimate of drug-likeness (QED) is 0.445. The summed E-state index contributed by atoms with van der Waals surface area (Å²) in [7, 11) is 1.12. The molecule has 0 fully saturated rings. The molecule has 28 heavy (non-hydrogen) atoms. The van der Waals surface area contributed by atoms with Crippen LogP contribution in [0.1, 0.15) is 0 Å². The van der Waals surface area contributed by atoms with Crippen molar-refractivity contribution >= 4 is 56.7 Å². The molecule has 0 saturated heterocycles. The van der Waals surface area contributed by atoms with Crippen LogP contribution in [-0.4, -0.2) is 17.1 Å². The Bertz CT molecular complexity index is 1460. The van der Waals surface area contributed by atoms with Gasteiger partial charge in [-0.1, -0.05) is 54.0 Å². The first-order valence-corrected chi connectivity index (χ1v) is 9.26. The van der Waals surface area contributed by atoms with Gasteiger partial charge in [0.2, 0.25) is 0 Å². The molecular weight excluding hydrogens is 345 g/mol. The van der Waals surface area contributed by atoms with Gasteiger partial charge < -0.3 is 14.0 Å². The maximum Gasteiger partial charge on any atom is 0.326 e. The fourth-order valence-electron chi connectivity index (χ4n) is 4.20. The van der Waals surface area contributed by atoms with Gasteiger partial charge in [-0.2, -0.15) is 0 Å². The van der Waals surface area contributed by atoms with Crippen molar-refractivity contribution in [2.45, 2.75) is 0 Å². The van der Waals surface area contributed by atoms with E-state index in [-0.39, 0.29) is 0 Å². The second-order valence-electron chi connectivity index (χ2n) is 7.04. The second kappa shape index (κ2) is 5.75. The van der Waals surface area contributed by atoms with E-state index in [0.717, 1.165) is 40.6 Å². The maximum atomic E-state index is 9.39. The second-order valence-corrected chi connectivity index (χ2v) is 7.04. The Morgan fingerprint density at radius 3 is 1.93 bits per heavy atom. The molecule has 0 aliphatic heterocycles. The summed E-state index contributed by atoms with van der Waals surface area (Å²) in [6, 6.07) is 29.0. The highest BCUT2D eigenvalue weighted by molar-refractivity contribution is 6.46. The highest BCUT2D eigenvalue weighted by atomic mass is 16.3. The molecule has 0 aliphatic rings. The van der Waals surface area contributed by atoms with Gasteiger partial charge in [-0.3, -0.25) is 0 Å². The van der Waals surface area contributed by atoms with Crippen LogP contribution >= 0.6 is 0 Å². The van der Waals surface area contributed by atoms with Gasteiger partial charge in [-0.15, -0.1) is 0 Å². The summed E-state index contributed by atoms with van der Waals surface area (Å²) in [6.07, 6.45) is 0. The SMILES string of the molecule is O[B]c1ccc2oc3ccc(-n4c5ccccc5c5ccccc54)cc3c2c1. The third-order valence-corrected chi connectivity index (χ3v) is 5.46. The van der Waals surface area contributed by atoms with Crippen LogP contribution in [0, 0.1) is 0 Å². The zero-order valence-electron chi connectivity index (χ0n) is 15.0. The molecule has 0 aliphatic carbocycles. The van der Waals surface area contributed by atoms with Gasteiger partial charge in [0.05, 0.1) is 11.0 Å². The van der Waals surface area contributed by atoms with Crippen molar-refractivity contribution in [1.29, 1.82) is 0 Å². The first kappa shape index (κ1) is 15.6. The zero-order chi connectivity index (χ0) is 18.7. The van der Waals surface area contributed by atoms with Crippen molar-refractivity contribution < 1.29 is 9.44 Å². The van der Waals surface area contributed by atoms with Gasteiger partial charge in [0.25, 0.3) is 0 Å². The largest absolute Gasteiger partial charge is 0.456 e. The van der Waals surface area contributed by atoms with Crippen LogP contribution in [0.15, 0.2) is 89.3 Å². The molecule has 0 bridgehead atoms. The number of rotatable bonds is 2. The topological polar surface area (TPSA) is 38.3 Å². The van der Waals surface area contributed by atoms with Crippen LogP contribution in [0.4, 0.5) is 0 Å². The Hall–Kier alpha value is -3.50. The third-order valence-electron chi connectivity index (χ3n) is 5.46. The highest BCUT2D eigenvalue weighted by Gasteiger charge is 2.14. The summed E-state index contributed by atoms with van der Waals surface area (Å²) < 4.78 is 8.29. The van der Waals surface area contributed by atoms with Crippen molar-refractivity contribution in [3.05, 3.63) is 84.9 Å². The van der Waals surface area contributed by atoms with E-state index < -0.39 is 0 Å². The lowest BCUT2D eigenvalue weighted by molar-refractivity contribution is 0.615. The van der Waals surface area contributed by atoms with Crippen LogP contribution in [0.25, 0.3) is 49.4 Å². The van der Waals surface area contributed by atoms with Gasteiger partial charge in [-0.05, 0) is 36.4 Å². The fraction of sp³-hybridized carbons (Fsp3) is 0. The molecule has 0 spiro atoms. The van der Waals surface area contributed by atoms with E-state index in [1.54, 1.807) is 0 Å². The number of nitrogens with zero attached hydrogens (tertiary/aromatic N) is 1. The average molecular weight is 360 g/mol. The number of hydrogen-bond acceptors (Lipinski definition) is 2. The van der Waals surface area contributed by atoms with Crippen molar-refractivity contribution in [3.8, 4) is 5.69 Å². The standard InChI is InChI=1S/C24H15BNO2/c27-25-15-9-11-23-19(13-15)20-14-16(10-12-24(20)28-23)26-21-7-3-1-5-17(21)18-6-2-4-8-22(18)26/h1-14,27H. The number of fused-ring (bicyclic) bond motifs is 6. The van der Waals surface area contributed by atoms with Crippen LogP contribution in [0.2, 0.25) is 0 Å². The summed E-state index contributed by atoms with van der Waals surface area (Å²) in [5.41, 5.74) is 5.87. The Morgan fingerprint density at radius 1 is 0.643 bits per heavy atom. The Morgan fingerprint density at radius 2 is 1.25 bits per heavy atom. The molecule has 0 saturated carbocycles. The minimum absolute atomic E-state index is 0.762. The van der Waals surface area contributed by atoms with E-state index >= 15 is 0 Å². The normalized spacial score (nSPS) is 11.8. The van der Waals surface area contributed by atoms with Crippen molar-refractivity contribution in [2.75, 3.05) is 0 Å². The molecule has 1 radical (unpaired) electrons. The lowest BCUT2D eigenvalue weighted by Crippen LogP contribution is -2.11. The average Bonchev–Trinajstić information content (AvgIpc) is 3.28. The highest BCUT2D eigenvalue weighted by Crippen LogP contribution is 2.34. The smallest absolute Gasteiger partial charge is 0.326 e. The Balaban J connectivity index is 1.71. The van der Waals surface area contributed by atoms with Gasteiger partial charge in [0.15, 0.2) is 0 Å². The molecule has 131 valence electrons. The minimum Gasteiger partial charge on any atom is -0.456 e. The summed E-state index contributed by atoms with van der Waals surface area (Å²) >= 11 is 0. The van der Waals surface area contributed by atoms with Crippen LogP contribution in [0.5, 0.6) is 0 Å². The fourth-order valence-corrected chi connectivity index (χ4v) is 4.20. The van der Waals surface area contributed by atoms with Crippen LogP contribution in [-0.2, 0) is 0 Å². The van der Waals surface area contributed by atoms with Crippen molar-refractivity contribution in [2.24, 2.45) is 0 Å². The molecule has 2 heterocycles. The molecule has 2 aromatic heterocycles. The van der Waals surface area contributed by atoms with E-state index in [4.69, 9.17) is 4.42 Å². The lowest BCUT2D eigenvalue weighted by Gasteiger charge is -2.08. The molecule has 0 unspecified atom stereocenters. The van der Waals surface area contributed by atoms with Crippen LogP contribution in [0.3, 0.4) is 0 Å². The molecule has 4 heteroatoms. The molecule has 6 rings (SSSR count). The van der Waals surface area contributed by atoms with Gasteiger partial charge in [0.1, 0.15) is 11.2 Å². The zero-order valence-corrected chi connectivity index (χ0v) is 15.0. The van der Waals surface area contributed by atoms with Crippen LogP contribution < -0.4 is 5.46 Å². The Labute approximate surface area is 161 Å². The summed E-state index contributed by atoms with van der Waals surface area (Å²) in [5, 5.41) is 13.9. The van der Waals surface area contributed by atoms with E-state index in [1.165, 1.54) is 21.8 Å². The van der Waals surface area contributed by atoms with Gasteiger partial charge >= 0.3 is 7.48 Å². The third kappa shape index (κ3) is 2.09. The predicted octanol–water partition coefficient (Wildman–Crippen LogP) is 4.92. The van der Waals surface area contributed by atoms with Gasteiger partial charge in [-0.25, -0.2) is 0 Å². The number of benzene rings is 4. The molecular formula is C24H15BNO2. The van der Waals surface area contributed by atoms with Crippen molar-refractivity contribution in [1.82, 2.24) is 4.57 Å². The molecule has 3 nitrogen and oxygen atoms in total. The van der Waals surface area contributed by atoms with E-state index in [1.807, 2.05) is 24.3 Å². The molecule has 6 aromatic rings. The summed E-state index contributed by atoms with van der Waals surface area (Å²) in [4.78, 5) is 0. The Kier molecular flexibility index (Phi) is 3.19.